The molecule has 2 amide bonds. The minimum atomic E-state index is -0.265. The Morgan fingerprint density at radius 1 is 1.38 bits per heavy atom. The van der Waals surface area contributed by atoms with Crippen LogP contribution in [0, 0.1) is 0 Å². The molecular formula is C15H16N4O2. The van der Waals surface area contributed by atoms with E-state index in [0.29, 0.717) is 24.5 Å². The first-order valence-electron chi connectivity index (χ1n) is 6.82. The molecule has 1 unspecified atom stereocenters. The molecule has 0 spiro atoms. The van der Waals surface area contributed by atoms with Gasteiger partial charge in [0.05, 0.1) is 6.04 Å². The summed E-state index contributed by atoms with van der Waals surface area (Å²) in [5.41, 5.74) is 0.345. The van der Waals surface area contributed by atoms with E-state index in [1.165, 1.54) is 0 Å². The predicted molar refractivity (Wildman–Crippen MR) is 80.2 cm³/mol. The fourth-order valence-corrected chi connectivity index (χ4v) is 2.47. The molecule has 1 aromatic carbocycles. The Balaban J connectivity index is 1.89. The highest BCUT2D eigenvalue weighted by atomic mass is 16.2. The smallest absolute Gasteiger partial charge is 0.270 e. The maximum atomic E-state index is 12.3. The van der Waals surface area contributed by atoms with E-state index in [1.54, 1.807) is 13.1 Å². The van der Waals surface area contributed by atoms with Gasteiger partial charge in [-0.05, 0) is 11.5 Å². The van der Waals surface area contributed by atoms with Gasteiger partial charge in [0.1, 0.15) is 11.5 Å². The summed E-state index contributed by atoms with van der Waals surface area (Å²) in [4.78, 5) is 27.8. The third kappa shape index (κ3) is 2.65. The molecule has 1 atom stereocenters. The molecule has 1 aliphatic heterocycles. The Morgan fingerprint density at radius 2 is 2.19 bits per heavy atom. The zero-order valence-electron chi connectivity index (χ0n) is 11.6. The van der Waals surface area contributed by atoms with Crippen LogP contribution in [0.4, 0.5) is 5.82 Å². The summed E-state index contributed by atoms with van der Waals surface area (Å²) in [6.07, 6.45) is 0.318. The van der Waals surface area contributed by atoms with Crippen molar-refractivity contribution in [1.82, 2.24) is 15.6 Å². The number of hydrogen-bond acceptors (Lipinski definition) is 4. The number of rotatable bonds is 3. The number of hydrogen-bond donors (Lipinski definition) is 3. The Labute approximate surface area is 121 Å². The molecule has 0 saturated carbocycles. The van der Waals surface area contributed by atoms with Crippen LogP contribution in [0.25, 0.3) is 10.8 Å². The van der Waals surface area contributed by atoms with Crippen LogP contribution in [0.5, 0.6) is 0 Å². The Hall–Kier alpha value is -2.63. The Bertz CT molecular complexity index is 714. The second kappa shape index (κ2) is 5.40. The van der Waals surface area contributed by atoms with Gasteiger partial charge in [-0.1, -0.05) is 24.3 Å². The molecule has 1 aromatic heterocycles. The van der Waals surface area contributed by atoms with E-state index in [9.17, 15) is 9.59 Å². The van der Waals surface area contributed by atoms with Crippen LogP contribution in [0.1, 0.15) is 16.9 Å². The lowest BCUT2D eigenvalue weighted by Crippen LogP contribution is -2.36. The molecule has 0 radical (unpaired) electrons. The van der Waals surface area contributed by atoms with Crippen molar-refractivity contribution in [3.63, 3.8) is 0 Å². The summed E-state index contributed by atoms with van der Waals surface area (Å²) in [6, 6.07) is 9.33. The third-order valence-corrected chi connectivity index (χ3v) is 3.52. The molecule has 21 heavy (non-hydrogen) atoms. The molecule has 6 nitrogen and oxygen atoms in total. The van der Waals surface area contributed by atoms with Crippen LogP contribution in [-0.2, 0) is 4.79 Å². The van der Waals surface area contributed by atoms with Gasteiger partial charge in [0.25, 0.3) is 5.91 Å². The number of benzene rings is 1. The lowest BCUT2D eigenvalue weighted by molar-refractivity contribution is -0.119. The molecule has 6 heteroatoms. The number of amides is 2. The van der Waals surface area contributed by atoms with Gasteiger partial charge in [-0.2, -0.15) is 0 Å². The number of carbonyl (C=O) groups excluding carboxylic acids is 2. The topological polar surface area (TPSA) is 83.1 Å². The molecule has 0 aliphatic carbocycles. The number of nitrogens with zero attached hydrogens (tertiary/aromatic N) is 1. The van der Waals surface area contributed by atoms with E-state index in [1.807, 2.05) is 24.3 Å². The number of fused-ring (bicyclic) bond motifs is 1. The third-order valence-electron chi connectivity index (χ3n) is 3.52. The van der Waals surface area contributed by atoms with Gasteiger partial charge < -0.3 is 16.0 Å². The molecular weight excluding hydrogens is 268 g/mol. The summed E-state index contributed by atoms with van der Waals surface area (Å²) in [5, 5.41) is 10.4. The Kier molecular flexibility index (Phi) is 3.43. The van der Waals surface area contributed by atoms with E-state index < -0.39 is 0 Å². The summed E-state index contributed by atoms with van der Waals surface area (Å²) in [7, 11) is 1.77. The van der Waals surface area contributed by atoms with Gasteiger partial charge in [0.2, 0.25) is 5.91 Å². The number of carbonyl (C=O) groups is 2. The molecule has 0 bridgehead atoms. The lowest BCUT2D eigenvalue weighted by Gasteiger charge is -2.12. The van der Waals surface area contributed by atoms with Gasteiger partial charge in [-0.3, -0.25) is 9.59 Å². The summed E-state index contributed by atoms with van der Waals surface area (Å²) >= 11 is 0. The quantitative estimate of drug-likeness (QED) is 0.782. The first kappa shape index (κ1) is 13.4. The second-order valence-electron chi connectivity index (χ2n) is 5.01. The van der Waals surface area contributed by atoms with E-state index >= 15 is 0 Å². The van der Waals surface area contributed by atoms with E-state index in [4.69, 9.17) is 0 Å². The molecule has 2 heterocycles. The summed E-state index contributed by atoms with van der Waals surface area (Å²) in [5.74, 6) is 0.361. The monoisotopic (exact) mass is 284 g/mol. The van der Waals surface area contributed by atoms with Crippen molar-refractivity contribution in [1.29, 1.82) is 0 Å². The zero-order valence-corrected chi connectivity index (χ0v) is 11.6. The number of aromatic nitrogens is 1. The fourth-order valence-electron chi connectivity index (χ4n) is 2.47. The van der Waals surface area contributed by atoms with Crippen LogP contribution in [0.3, 0.4) is 0 Å². The number of pyridine rings is 1. The van der Waals surface area contributed by atoms with Crippen molar-refractivity contribution in [2.24, 2.45) is 0 Å². The largest absolute Gasteiger partial charge is 0.373 e. The first-order valence-corrected chi connectivity index (χ1v) is 6.82. The summed E-state index contributed by atoms with van der Waals surface area (Å²) in [6.45, 7) is 0.469. The highest BCUT2D eigenvalue weighted by Crippen LogP contribution is 2.22. The van der Waals surface area contributed by atoms with Gasteiger partial charge >= 0.3 is 0 Å². The highest BCUT2D eigenvalue weighted by molar-refractivity contribution is 6.00. The van der Waals surface area contributed by atoms with Crippen molar-refractivity contribution >= 4 is 28.4 Å². The predicted octanol–water partition coefficient (Wildman–Crippen LogP) is 0.895. The summed E-state index contributed by atoms with van der Waals surface area (Å²) < 4.78 is 0. The van der Waals surface area contributed by atoms with E-state index in [0.717, 1.165) is 10.8 Å². The highest BCUT2D eigenvalue weighted by Gasteiger charge is 2.24. The van der Waals surface area contributed by atoms with Crippen LogP contribution in [0.15, 0.2) is 30.3 Å². The maximum Gasteiger partial charge on any atom is 0.270 e. The fraction of sp³-hybridized carbons (Fsp3) is 0.267. The van der Waals surface area contributed by atoms with E-state index in [-0.39, 0.29) is 17.9 Å². The molecule has 2 aromatic rings. The van der Waals surface area contributed by atoms with Crippen LogP contribution in [-0.4, -0.2) is 36.4 Å². The Morgan fingerprint density at radius 3 is 2.90 bits per heavy atom. The maximum absolute atomic E-state index is 12.3. The lowest BCUT2D eigenvalue weighted by atomic mass is 10.1. The van der Waals surface area contributed by atoms with Crippen molar-refractivity contribution in [2.75, 3.05) is 18.9 Å². The van der Waals surface area contributed by atoms with Crippen molar-refractivity contribution in [2.45, 2.75) is 12.5 Å². The minimum absolute atomic E-state index is 0.0392. The van der Waals surface area contributed by atoms with Crippen molar-refractivity contribution in [3.05, 3.63) is 36.0 Å². The van der Waals surface area contributed by atoms with Gasteiger partial charge in [0.15, 0.2) is 0 Å². The van der Waals surface area contributed by atoms with Crippen LogP contribution >= 0.6 is 0 Å². The van der Waals surface area contributed by atoms with Crippen LogP contribution < -0.4 is 16.0 Å². The average Bonchev–Trinajstić information content (AvgIpc) is 2.91. The molecule has 3 N–H and O–H groups in total. The van der Waals surface area contributed by atoms with Gasteiger partial charge in [-0.25, -0.2) is 4.98 Å². The standard InChI is InChI=1S/C15H16N4O2/c1-16-14-11-5-3-2-4-9(11)6-12(19-14)15(21)18-10-7-13(20)17-8-10/h2-6,10H,7-8H2,1H3,(H,16,19)(H,17,20)(H,18,21). The number of anilines is 1. The molecule has 1 fully saturated rings. The molecule has 1 aliphatic rings. The van der Waals surface area contributed by atoms with E-state index in [2.05, 4.69) is 20.9 Å². The number of nitrogens with one attached hydrogen (secondary N) is 3. The van der Waals surface area contributed by atoms with Crippen molar-refractivity contribution in [3.8, 4) is 0 Å². The molecule has 3 rings (SSSR count). The van der Waals surface area contributed by atoms with Gasteiger partial charge in [0, 0.05) is 25.4 Å². The molecule has 1 saturated heterocycles. The van der Waals surface area contributed by atoms with Crippen LogP contribution in [0.2, 0.25) is 0 Å². The minimum Gasteiger partial charge on any atom is -0.373 e. The molecule has 108 valence electrons. The SMILES string of the molecule is CNc1nc(C(=O)NC2CNC(=O)C2)cc2ccccc12. The average molecular weight is 284 g/mol. The second-order valence-corrected chi connectivity index (χ2v) is 5.01. The van der Waals surface area contributed by atoms with Crippen molar-refractivity contribution < 1.29 is 9.59 Å². The normalized spacial score (nSPS) is 17.6. The van der Waals surface area contributed by atoms with Gasteiger partial charge in [-0.15, -0.1) is 0 Å². The first-order chi connectivity index (χ1) is 10.2. The zero-order chi connectivity index (χ0) is 14.8.